The van der Waals surface area contributed by atoms with Gasteiger partial charge in [-0.15, -0.1) is 11.3 Å². The summed E-state index contributed by atoms with van der Waals surface area (Å²) >= 11 is 1.63. The molecule has 0 spiro atoms. The molecule has 1 aromatic heterocycles. The molecule has 0 radical (unpaired) electrons. The van der Waals surface area contributed by atoms with Gasteiger partial charge in [-0.2, -0.15) is 5.10 Å². The van der Waals surface area contributed by atoms with Crippen molar-refractivity contribution in [2.45, 2.75) is 71.6 Å². The van der Waals surface area contributed by atoms with Crippen molar-refractivity contribution in [3.05, 3.63) is 21.9 Å². The molecule has 0 unspecified atom stereocenters. The van der Waals surface area contributed by atoms with E-state index in [1.165, 1.54) is 44.1 Å². The van der Waals surface area contributed by atoms with E-state index >= 15 is 0 Å². The molecule has 0 atom stereocenters. The highest BCUT2D eigenvalue weighted by Gasteiger charge is 2.00. The molecule has 0 aliphatic heterocycles. The van der Waals surface area contributed by atoms with Crippen LogP contribution in [0.3, 0.4) is 0 Å². The number of amides is 1. The number of nitrogens with zero attached hydrogens (tertiary/aromatic N) is 1. The van der Waals surface area contributed by atoms with Crippen LogP contribution in [-0.4, -0.2) is 12.1 Å². The van der Waals surface area contributed by atoms with Crippen LogP contribution < -0.4 is 5.43 Å². The second kappa shape index (κ2) is 11.5. The Morgan fingerprint density at radius 1 is 1.19 bits per heavy atom. The highest BCUT2D eigenvalue weighted by molar-refractivity contribution is 7.11. The molecule has 1 heterocycles. The summed E-state index contributed by atoms with van der Waals surface area (Å²) in [5.74, 6) is 0.0199. The van der Waals surface area contributed by atoms with Crippen molar-refractivity contribution < 1.29 is 4.79 Å². The lowest BCUT2D eigenvalue weighted by molar-refractivity contribution is -0.121. The Bertz CT molecular complexity index is 426. The van der Waals surface area contributed by atoms with Gasteiger partial charge in [-0.25, -0.2) is 5.43 Å². The van der Waals surface area contributed by atoms with Gasteiger partial charge in [0.1, 0.15) is 0 Å². The number of thiophene rings is 1. The molecule has 1 amide bonds. The number of hydrazone groups is 1. The highest BCUT2D eigenvalue weighted by Crippen LogP contribution is 2.12. The average molecular weight is 308 g/mol. The largest absolute Gasteiger partial charge is 0.273 e. The zero-order chi connectivity index (χ0) is 15.3. The fourth-order valence-electron chi connectivity index (χ4n) is 2.15. The normalized spacial score (nSPS) is 11.1. The van der Waals surface area contributed by atoms with E-state index in [1.807, 2.05) is 18.4 Å². The maximum absolute atomic E-state index is 11.6. The fourth-order valence-corrected chi connectivity index (χ4v) is 2.94. The van der Waals surface area contributed by atoms with Gasteiger partial charge in [-0.1, -0.05) is 51.9 Å². The molecule has 4 heteroatoms. The SMILES string of the molecule is CCCCCCCCCCC(=O)N/N=C/c1sccc1C. The van der Waals surface area contributed by atoms with Crippen LogP contribution in [0, 0.1) is 6.92 Å². The third-order valence-electron chi connectivity index (χ3n) is 3.53. The maximum atomic E-state index is 11.6. The molecule has 0 aliphatic carbocycles. The lowest BCUT2D eigenvalue weighted by atomic mass is 10.1. The summed E-state index contributed by atoms with van der Waals surface area (Å²) in [5, 5.41) is 6.04. The number of nitrogens with one attached hydrogen (secondary N) is 1. The molecule has 3 nitrogen and oxygen atoms in total. The van der Waals surface area contributed by atoms with E-state index in [2.05, 4.69) is 17.5 Å². The van der Waals surface area contributed by atoms with E-state index in [0.29, 0.717) is 6.42 Å². The number of hydrogen-bond acceptors (Lipinski definition) is 3. The van der Waals surface area contributed by atoms with Gasteiger partial charge in [0.2, 0.25) is 5.91 Å². The number of hydrogen-bond donors (Lipinski definition) is 1. The standard InChI is InChI=1S/C17H28N2OS/c1-3-4-5-6-7-8-9-10-11-17(20)19-18-14-16-15(2)12-13-21-16/h12-14H,3-11H2,1-2H3,(H,19,20)/b18-14+. The molecular formula is C17H28N2OS. The van der Waals surface area contributed by atoms with Gasteiger partial charge in [0.15, 0.2) is 0 Å². The Morgan fingerprint density at radius 2 is 1.86 bits per heavy atom. The summed E-state index contributed by atoms with van der Waals surface area (Å²) < 4.78 is 0. The zero-order valence-electron chi connectivity index (χ0n) is 13.4. The van der Waals surface area contributed by atoms with E-state index < -0.39 is 0 Å². The molecule has 21 heavy (non-hydrogen) atoms. The van der Waals surface area contributed by atoms with Crippen molar-refractivity contribution >= 4 is 23.5 Å². The van der Waals surface area contributed by atoms with Gasteiger partial charge in [-0.05, 0) is 30.4 Å². The van der Waals surface area contributed by atoms with Crippen molar-refractivity contribution in [2.75, 3.05) is 0 Å². The van der Waals surface area contributed by atoms with Crippen LogP contribution in [0.15, 0.2) is 16.5 Å². The number of carbonyl (C=O) groups excluding carboxylic acids is 1. The Balaban J connectivity index is 1.99. The topological polar surface area (TPSA) is 41.5 Å². The van der Waals surface area contributed by atoms with Crippen molar-refractivity contribution in [1.82, 2.24) is 5.43 Å². The fraction of sp³-hybridized carbons (Fsp3) is 0.647. The van der Waals surface area contributed by atoms with Crippen molar-refractivity contribution in [3.63, 3.8) is 0 Å². The molecule has 0 aromatic carbocycles. The number of carbonyl (C=O) groups is 1. The average Bonchev–Trinajstić information content (AvgIpc) is 2.87. The minimum Gasteiger partial charge on any atom is -0.273 e. The molecule has 118 valence electrons. The quantitative estimate of drug-likeness (QED) is 0.347. The lowest BCUT2D eigenvalue weighted by Crippen LogP contribution is -2.16. The first-order valence-electron chi connectivity index (χ1n) is 8.10. The highest BCUT2D eigenvalue weighted by atomic mass is 32.1. The third kappa shape index (κ3) is 8.66. The zero-order valence-corrected chi connectivity index (χ0v) is 14.2. The van der Waals surface area contributed by atoms with Gasteiger partial charge < -0.3 is 0 Å². The van der Waals surface area contributed by atoms with Crippen LogP contribution in [0.5, 0.6) is 0 Å². The molecule has 1 rings (SSSR count). The molecule has 1 N–H and O–H groups in total. The second-order valence-corrected chi connectivity index (χ2v) is 6.43. The Kier molecular flexibility index (Phi) is 9.79. The summed E-state index contributed by atoms with van der Waals surface area (Å²) in [7, 11) is 0. The van der Waals surface area contributed by atoms with Crippen LogP contribution in [0.2, 0.25) is 0 Å². The van der Waals surface area contributed by atoms with E-state index in [9.17, 15) is 4.79 Å². The van der Waals surface area contributed by atoms with Gasteiger partial charge in [0.05, 0.1) is 6.21 Å². The number of rotatable bonds is 11. The number of unbranched alkanes of at least 4 members (excludes halogenated alkanes) is 7. The van der Waals surface area contributed by atoms with Gasteiger partial charge in [0, 0.05) is 11.3 Å². The summed E-state index contributed by atoms with van der Waals surface area (Å²) in [6, 6.07) is 2.05. The molecule has 0 saturated carbocycles. The maximum Gasteiger partial charge on any atom is 0.240 e. The van der Waals surface area contributed by atoms with Crippen molar-refractivity contribution in [2.24, 2.45) is 5.10 Å². The first-order chi connectivity index (χ1) is 10.2. The summed E-state index contributed by atoms with van der Waals surface area (Å²) in [6.45, 7) is 4.28. The van der Waals surface area contributed by atoms with Gasteiger partial charge >= 0.3 is 0 Å². The van der Waals surface area contributed by atoms with E-state index in [1.54, 1.807) is 17.6 Å². The predicted octanol–water partition coefficient (Wildman–Crippen LogP) is 5.04. The van der Waals surface area contributed by atoms with Crippen molar-refractivity contribution in [1.29, 1.82) is 0 Å². The van der Waals surface area contributed by atoms with Crippen LogP contribution in [0.4, 0.5) is 0 Å². The summed E-state index contributed by atoms with van der Waals surface area (Å²) in [4.78, 5) is 12.7. The van der Waals surface area contributed by atoms with E-state index in [0.717, 1.165) is 17.7 Å². The second-order valence-electron chi connectivity index (χ2n) is 5.49. The van der Waals surface area contributed by atoms with E-state index in [-0.39, 0.29) is 5.91 Å². The molecule has 0 aliphatic rings. The van der Waals surface area contributed by atoms with Crippen LogP contribution in [0.25, 0.3) is 0 Å². The van der Waals surface area contributed by atoms with E-state index in [4.69, 9.17) is 0 Å². The third-order valence-corrected chi connectivity index (χ3v) is 4.48. The van der Waals surface area contributed by atoms with Crippen molar-refractivity contribution in [3.8, 4) is 0 Å². The van der Waals surface area contributed by atoms with Crippen LogP contribution in [0.1, 0.15) is 75.2 Å². The summed E-state index contributed by atoms with van der Waals surface area (Å²) in [6.07, 6.45) is 12.3. The summed E-state index contributed by atoms with van der Waals surface area (Å²) in [5.41, 5.74) is 3.80. The Hall–Kier alpha value is -1.16. The predicted molar refractivity (Wildman–Crippen MR) is 92.0 cm³/mol. The first-order valence-corrected chi connectivity index (χ1v) is 8.98. The monoisotopic (exact) mass is 308 g/mol. The molecule has 1 aromatic rings. The van der Waals surface area contributed by atoms with Crippen LogP contribution in [-0.2, 0) is 4.79 Å². The smallest absolute Gasteiger partial charge is 0.240 e. The molecule has 0 saturated heterocycles. The van der Waals surface area contributed by atoms with Crippen LogP contribution >= 0.6 is 11.3 Å². The lowest BCUT2D eigenvalue weighted by Gasteiger charge is -2.01. The van der Waals surface area contributed by atoms with Gasteiger partial charge in [0.25, 0.3) is 0 Å². The first kappa shape index (κ1) is 17.9. The minimum atomic E-state index is 0.0199. The molecule has 0 fully saturated rings. The molecular weight excluding hydrogens is 280 g/mol. The number of aryl methyl sites for hydroxylation is 1. The van der Waals surface area contributed by atoms with Gasteiger partial charge in [-0.3, -0.25) is 4.79 Å². The Morgan fingerprint density at radius 3 is 2.48 bits per heavy atom. The minimum absolute atomic E-state index is 0.0199. The molecule has 0 bridgehead atoms. The Labute approximate surface area is 132 Å².